The van der Waals surface area contributed by atoms with Crippen LogP contribution >= 0.6 is 0 Å². The number of fused-ring (bicyclic) bond motifs is 1. The quantitative estimate of drug-likeness (QED) is 0.753. The molecule has 1 aromatic carbocycles. The van der Waals surface area contributed by atoms with Gasteiger partial charge in [-0.15, -0.1) is 0 Å². The Hall–Kier alpha value is -2.38. The molecule has 7 nitrogen and oxygen atoms in total. The fraction of sp³-hybridized carbons (Fsp3) is 0.545. The topological polar surface area (TPSA) is 68.6 Å². The van der Waals surface area contributed by atoms with Gasteiger partial charge in [0.1, 0.15) is 5.75 Å². The summed E-state index contributed by atoms with van der Waals surface area (Å²) in [5, 5.41) is 8.27. The van der Waals surface area contributed by atoms with Crippen molar-refractivity contribution in [3.63, 3.8) is 0 Å². The number of carbonyl (C=O) groups excluding carboxylic acids is 1. The molecule has 1 atom stereocenters. The molecular formula is C22H30N4O3. The molecule has 0 amide bonds. The van der Waals surface area contributed by atoms with Crippen molar-refractivity contribution in [1.82, 2.24) is 20.0 Å². The van der Waals surface area contributed by atoms with Gasteiger partial charge < -0.3 is 14.8 Å². The predicted octanol–water partition coefficient (Wildman–Crippen LogP) is 2.24. The largest absolute Gasteiger partial charge is 0.496 e. The third-order valence-corrected chi connectivity index (χ3v) is 5.91. The van der Waals surface area contributed by atoms with Crippen molar-refractivity contribution in [1.29, 1.82) is 0 Å². The molecule has 0 bridgehead atoms. The van der Waals surface area contributed by atoms with E-state index in [2.05, 4.69) is 21.0 Å². The zero-order valence-corrected chi connectivity index (χ0v) is 17.3. The molecule has 2 aromatic rings. The van der Waals surface area contributed by atoms with Crippen LogP contribution in [0.25, 0.3) is 0 Å². The second-order valence-electron chi connectivity index (χ2n) is 7.99. The van der Waals surface area contributed by atoms with Crippen molar-refractivity contribution < 1.29 is 14.3 Å². The van der Waals surface area contributed by atoms with Crippen LogP contribution in [-0.2, 0) is 30.8 Å². The number of aryl methyl sites for hydroxylation is 1. The van der Waals surface area contributed by atoms with Crippen LogP contribution in [0.3, 0.4) is 0 Å². The van der Waals surface area contributed by atoms with Crippen LogP contribution in [-0.4, -0.2) is 54.5 Å². The molecular weight excluding hydrogens is 368 g/mol. The minimum absolute atomic E-state index is 0.309. The van der Waals surface area contributed by atoms with E-state index in [9.17, 15) is 4.79 Å². The Balaban J connectivity index is 1.38. The molecule has 0 radical (unpaired) electrons. The Bertz CT molecular complexity index is 840. The molecule has 29 heavy (non-hydrogen) atoms. The van der Waals surface area contributed by atoms with Gasteiger partial charge in [-0.2, -0.15) is 5.10 Å². The molecule has 0 spiro atoms. The third kappa shape index (κ3) is 4.62. The summed E-state index contributed by atoms with van der Waals surface area (Å²) in [6.45, 7) is 5.98. The average Bonchev–Trinajstić information content (AvgIpc) is 3.27. The van der Waals surface area contributed by atoms with E-state index in [4.69, 9.17) is 14.6 Å². The highest BCUT2D eigenvalue weighted by molar-refractivity contribution is 5.89. The fourth-order valence-corrected chi connectivity index (χ4v) is 4.44. The maximum atomic E-state index is 11.9. The first-order valence-corrected chi connectivity index (χ1v) is 10.4. The summed E-state index contributed by atoms with van der Waals surface area (Å²) in [4.78, 5) is 14.4. The number of rotatable bonds is 6. The fourth-order valence-electron chi connectivity index (χ4n) is 4.44. The third-order valence-electron chi connectivity index (χ3n) is 5.91. The number of esters is 1. The first-order valence-electron chi connectivity index (χ1n) is 10.4. The maximum Gasteiger partial charge on any atom is 0.337 e. The van der Waals surface area contributed by atoms with Gasteiger partial charge in [-0.25, -0.2) is 4.79 Å². The number of nitrogens with one attached hydrogen (secondary N) is 1. The second kappa shape index (κ2) is 8.97. The molecule has 156 valence electrons. The highest BCUT2D eigenvalue weighted by Crippen LogP contribution is 2.28. The summed E-state index contributed by atoms with van der Waals surface area (Å²) in [5.74, 6) is 1.07. The first kappa shape index (κ1) is 19.9. The minimum atomic E-state index is -0.309. The molecule has 1 unspecified atom stereocenters. The number of ether oxygens (including phenoxy) is 2. The predicted molar refractivity (Wildman–Crippen MR) is 110 cm³/mol. The van der Waals surface area contributed by atoms with E-state index in [0.717, 1.165) is 75.5 Å². The Morgan fingerprint density at radius 2 is 2.17 bits per heavy atom. The van der Waals surface area contributed by atoms with Crippen LogP contribution in [0.5, 0.6) is 5.75 Å². The van der Waals surface area contributed by atoms with Crippen molar-refractivity contribution in [2.75, 3.05) is 33.9 Å². The van der Waals surface area contributed by atoms with E-state index in [1.165, 1.54) is 12.8 Å². The maximum absolute atomic E-state index is 11.9. The molecule has 3 heterocycles. The number of hydrogen-bond donors (Lipinski definition) is 1. The van der Waals surface area contributed by atoms with E-state index in [0.29, 0.717) is 11.5 Å². The Morgan fingerprint density at radius 3 is 3.00 bits per heavy atom. The molecule has 2 aliphatic rings. The van der Waals surface area contributed by atoms with Gasteiger partial charge in [-0.3, -0.25) is 9.58 Å². The van der Waals surface area contributed by atoms with Crippen molar-refractivity contribution in [3.05, 3.63) is 46.8 Å². The zero-order chi connectivity index (χ0) is 20.2. The van der Waals surface area contributed by atoms with Crippen molar-refractivity contribution in [2.45, 2.75) is 38.9 Å². The Labute approximate surface area is 172 Å². The SMILES string of the molecule is COC(=O)c1ccc(OC)c(CC2CCN(Cc3cc4n(n3)CCCNC4)C2)c1. The van der Waals surface area contributed by atoms with E-state index in [1.54, 1.807) is 13.2 Å². The number of likely N-dealkylation sites (tertiary alicyclic amines) is 1. The highest BCUT2D eigenvalue weighted by Gasteiger charge is 2.25. The number of hydrogen-bond acceptors (Lipinski definition) is 6. The van der Waals surface area contributed by atoms with Crippen LogP contribution in [0.2, 0.25) is 0 Å². The minimum Gasteiger partial charge on any atom is -0.496 e. The molecule has 0 aliphatic carbocycles. The standard InChI is InChI=1S/C22H30N4O3/c1-28-21-5-4-17(22(27)29-2)11-18(21)10-16-6-9-25(14-16)15-19-12-20-13-23-7-3-8-26(20)24-19/h4-5,11-12,16,23H,3,6-10,13-15H2,1-2H3. The number of aromatic nitrogens is 2. The summed E-state index contributed by atoms with van der Waals surface area (Å²) in [6.07, 6.45) is 3.17. The van der Waals surface area contributed by atoms with Crippen LogP contribution in [0.4, 0.5) is 0 Å². The van der Waals surface area contributed by atoms with E-state index in [-0.39, 0.29) is 5.97 Å². The molecule has 2 aliphatic heterocycles. The van der Waals surface area contributed by atoms with Gasteiger partial charge in [0.25, 0.3) is 0 Å². The van der Waals surface area contributed by atoms with E-state index >= 15 is 0 Å². The van der Waals surface area contributed by atoms with Crippen molar-refractivity contribution >= 4 is 5.97 Å². The summed E-state index contributed by atoms with van der Waals surface area (Å²) in [6, 6.07) is 7.77. The summed E-state index contributed by atoms with van der Waals surface area (Å²) in [5.41, 5.74) is 4.10. The molecule has 0 saturated carbocycles. The molecule has 1 saturated heterocycles. The monoisotopic (exact) mass is 398 g/mol. The Kier molecular flexibility index (Phi) is 6.16. The molecule has 1 fully saturated rings. The van der Waals surface area contributed by atoms with Crippen LogP contribution in [0.1, 0.15) is 40.2 Å². The summed E-state index contributed by atoms with van der Waals surface area (Å²) < 4.78 is 12.5. The van der Waals surface area contributed by atoms with E-state index < -0.39 is 0 Å². The van der Waals surface area contributed by atoms with Crippen molar-refractivity contribution in [3.8, 4) is 5.75 Å². The van der Waals surface area contributed by atoms with Gasteiger partial charge >= 0.3 is 5.97 Å². The lowest BCUT2D eigenvalue weighted by Gasteiger charge is -2.16. The van der Waals surface area contributed by atoms with Gasteiger partial charge in [-0.05, 0) is 68.1 Å². The van der Waals surface area contributed by atoms with Gasteiger partial charge in [0.2, 0.25) is 0 Å². The molecule has 1 aromatic heterocycles. The van der Waals surface area contributed by atoms with Gasteiger partial charge in [0, 0.05) is 26.2 Å². The number of nitrogens with zero attached hydrogens (tertiary/aromatic N) is 3. The molecule has 4 rings (SSSR count). The van der Waals surface area contributed by atoms with E-state index in [1.807, 2.05) is 12.1 Å². The summed E-state index contributed by atoms with van der Waals surface area (Å²) in [7, 11) is 3.09. The van der Waals surface area contributed by atoms with Gasteiger partial charge in [0.05, 0.1) is 31.2 Å². The first-order chi connectivity index (χ1) is 14.2. The smallest absolute Gasteiger partial charge is 0.337 e. The average molecular weight is 399 g/mol. The molecule has 7 heteroatoms. The number of methoxy groups -OCH3 is 2. The summed E-state index contributed by atoms with van der Waals surface area (Å²) >= 11 is 0. The van der Waals surface area contributed by atoms with Crippen molar-refractivity contribution in [2.24, 2.45) is 5.92 Å². The van der Waals surface area contributed by atoms with Crippen LogP contribution < -0.4 is 10.1 Å². The van der Waals surface area contributed by atoms with Gasteiger partial charge in [0.15, 0.2) is 0 Å². The lowest BCUT2D eigenvalue weighted by atomic mass is 9.96. The number of benzene rings is 1. The molecule has 1 N–H and O–H groups in total. The zero-order valence-electron chi connectivity index (χ0n) is 17.3. The van der Waals surface area contributed by atoms with Gasteiger partial charge in [-0.1, -0.05) is 0 Å². The number of carbonyl (C=O) groups is 1. The van der Waals surface area contributed by atoms with Crippen LogP contribution in [0, 0.1) is 5.92 Å². The normalized spacial score (nSPS) is 19.6. The Morgan fingerprint density at radius 1 is 1.28 bits per heavy atom. The highest BCUT2D eigenvalue weighted by atomic mass is 16.5. The lowest BCUT2D eigenvalue weighted by molar-refractivity contribution is 0.0600. The lowest BCUT2D eigenvalue weighted by Crippen LogP contribution is -2.21. The van der Waals surface area contributed by atoms with Crippen LogP contribution in [0.15, 0.2) is 24.3 Å². The second-order valence-corrected chi connectivity index (χ2v) is 7.99.